The van der Waals surface area contributed by atoms with Gasteiger partial charge in [-0.25, -0.2) is 4.52 Å². The first-order valence-corrected chi connectivity index (χ1v) is 5.23. The molecule has 15 heavy (non-hydrogen) atoms. The third-order valence-electron chi connectivity index (χ3n) is 2.49. The van der Waals surface area contributed by atoms with Gasteiger partial charge in [0.05, 0.1) is 11.4 Å². The van der Waals surface area contributed by atoms with E-state index in [1.165, 1.54) is 0 Å². The molecule has 2 aromatic rings. The second-order valence-corrected chi connectivity index (χ2v) is 4.00. The van der Waals surface area contributed by atoms with Crippen molar-refractivity contribution in [1.82, 2.24) is 14.6 Å². The standard InChI is InChI=1S/C11H15N3O/c1-4-8-5-10-12-11(15)6-9(7(2)3)14(10)13-8/h5-7H,4H2,1-3H3,(H,12,15). The Morgan fingerprint density at radius 3 is 2.80 bits per heavy atom. The van der Waals surface area contributed by atoms with Crippen molar-refractivity contribution in [3.8, 4) is 0 Å². The smallest absolute Gasteiger partial charge is 0.251 e. The van der Waals surface area contributed by atoms with Gasteiger partial charge in [-0.1, -0.05) is 20.8 Å². The van der Waals surface area contributed by atoms with Gasteiger partial charge in [-0.15, -0.1) is 0 Å². The summed E-state index contributed by atoms with van der Waals surface area (Å²) in [6, 6.07) is 3.54. The van der Waals surface area contributed by atoms with E-state index in [-0.39, 0.29) is 5.56 Å². The van der Waals surface area contributed by atoms with Gasteiger partial charge in [0.15, 0.2) is 0 Å². The Morgan fingerprint density at radius 2 is 2.20 bits per heavy atom. The number of hydrogen-bond donors (Lipinski definition) is 1. The Hall–Kier alpha value is -1.58. The van der Waals surface area contributed by atoms with Gasteiger partial charge in [-0.3, -0.25) is 4.79 Å². The van der Waals surface area contributed by atoms with Crippen LogP contribution in [0.2, 0.25) is 0 Å². The third kappa shape index (κ3) is 1.67. The first-order chi connectivity index (χ1) is 7.11. The summed E-state index contributed by atoms with van der Waals surface area (Å²) in [6.45, 7) is 6.16. The van der Waals surface area contributed by atoms with Crippen LogP contribution in [0.25, 0.3) is 5.65 Å². The van der Waals surface area contributed by atoms with E-state index in [1.807, 2.05) is 10.6 Å². The Balaban J connectivity index is 2.78. The minimum Gasteiger partial charge on any atom is -0.307 e. The molecule has 2 rings (SSSR count). The average Bonchev–Trinajstić information content (AvgIpc) is 2.58. The van der Waals surface area contributed by atoms with E-state index in [0.29, 0.717) is 5.92 Å². The Labute approximate surface area is 87.9 Å². The molecule has 0 unspecified atom stereocenters. The SMILES string of the molecule is CCc1cc2[nH]c(=O)cc(C(C)C)n2n1. The Kier molecular flexibility index (Phi) is 2.34. The van der Waals surface area contributed by atoms with Crippen LogP contribution in [0.4, 0.5) is 0 Å². The van der Waals surface area contributed by atoms with Crippen LogP contribution in [0, 0.1) is 0 Å². The number of H-pyrrole nitrogens is 1. The minimum atomic E-state index is -0.0613. The molecule has 0 spiro atoms. The maximum atomic E-state index is 11.4. The summed E-state index contributed by atoms with van der Waals surface area (Å²) >= 11 is 0. The number of nitrogens with one attached hydrogen (secondary N) is 1. The maximum absolute atomic E-state index is 11.4. The molecular formula is C11H15N3O. The monoisotopic (exact) mass is 205 g/mol. The summed E-state index contributed by atoms with van der Waals surface area (Å²) in [5.41, 5.74) is 2.67. The lowest BCUT2D eigenvalue weighted by molar-refractivity contribution is 0.736. The van der Waals surface area contributed by atoms with Crippen molar-refractivity contribution in [1.29, 1.82) is 0 Å². The molecule has 0 saturated carbocycles. The van der Waals surface area contributed by atoms with Crippen molar-refractivity contribution in [2.75, 3.05) is 0 Å². The van der Waals surface area contributed by atoms with E-state index >= 15 is 0 Å². The van der Waals surface area contributed by atoms with Gasteiger partial charge in [0.25, 0.3) is 5.56 Å². The molecule has 0 amide bonds. The van der Waals surface area contributed by atoms with Gasteiger partial charge in [0.2, 0.25) is 0 Å². The highest BCUT2D eigenvalue weighted by molar-refractivity contribution is 5.40. The van der Waals surface area contributed by atoms with Crippen LogP contribution in [0.1, 0.15) is 38.1 Å². The molecule has 0 radical (unpaired) electrons. The number of fused-ring (bicyclic) bond motifs is 1. The number of nitrogens with zero attached hydrogens (tertiary/aromatic N) is 2. The quantitative estimate of drug-likeness (QED) is 0.811. The van der Waals surface area contributed by atoms with E-state index in [2.05, 4.69) is 30.9 Å². The van der Waals surface area contributed by atoms with Crippen molar-refractivity contribution in [2.24, 2.45) is 0 Å². The van der Waals surface area contributed by atoms with Crippen molar-refractivity contribution >= 4 is 5.65 Å². The molecule has 0 atom stereocenters. The van der Waals surface area contributed by atoms with Crippen LogP contribution in [0.15, 0.2) is 16.9 Å². The highest BCUT2D eigenvalue weighted by Gasteiger charge is 2.09. The van der Waals surface area contributed by atoms with E-state index in [0.717, 1.165) is 23.5 Å². The fraction of sp³-hybridized carbons (Fsp3) is 0.455. The molecule has 0 fully saturated rings. The van der Waals surface area contributed by atoms with Gasteiger partial charge in [0.1, 0.15) is 5.65 Å². The van der Waals surface area contributed by atoms with Gasteiger partial charge < -0.3 is 4.98 Å². The minimum absolute atomic E-state index is 0.0613. The second-order valence-electron chi connectivity index (χ2n) is 4.00. The molecule has 4 heteroatoms. The molecular weight excluding hydrogens is 190 g/mol. The maximum Gasteiger partial charge on any atom is 0.251 e. The van der Waals surface area contributed by atoms with Crippen LogP contribution in [0.5, 0.6) is 0 Å². The second kappa shape index (κ2) is 3.53. The normalized spacial score (nSPS) is 11.5. The molecule has 2 heterocycles. The zero-order valence-corrected chi connectivity index (χ0v) is 9.24. The largest absolute Gasteiger partial charge is 0.307 e. The number of aryl methyl sites for hydroxylation is 1. The molecule has 0 aliphatic heterocycles. The van der Waals surface area contributed by atoms with Crippen LogP contribution in [-0.2, 0) is 6.42 Å². The summed E-state index contributed by atoms with van der Waals surface area (Å²) in [5, 5.41) is 4.44. The van der Waals surface area contributed by atoms with Crippen LogP contribution < -0.4 is 5.56 Å². The Bertz CT molecular complexity index is 536. The van der Waals surface area contributed by atoms with Crippen molar-refractivity contribution < 1.29 is 0 Å². The highest BCUT2D eigenvalue weighted by atomic mass is 16.1. The molecule has 1 N–H and O–H groups in total. The van der Waals surface area contributed by atoms with E-state index in [4.69, 9.17) is 0 Å². The van der Waals surface area contributed by atoms with Crippen molar-refractivity contribution in [3.63, 3.8) is 0 Å². The van der Waals surface area contributed by atoms with Gasteiger partial charge >= 0.3 is 0 Å². The summed E-state index contributed by atoms with van der Waals surface area (Å²) in [7, 11) is 0. The molecule has 2 aromatic heterocycles. The lowest BCUT2D eigenvalue weighted by Gasteiger charge is -2.06. The average molecular weight is 205 g/mol. The zero-order valence-electron chi connectivity index (χ0n) is 9.24. The topological polar surface area (TPSA) is 50.2 Å². The summed E-state index contributed by atoms with van der Waals surface area (Å²) in [6.07, 6.45) is 0.876. The first-order valence-electron chi connectivity index (χ1n) is 5.23. The molecule has 0 aliphatic rings. The third-order valence-corrected chi connectivity index (χ3v) is 2.49. The number of aromatic amines is 1. The number of hydrogen-bond acceptors (Lipinski definition) is 2. The predicted molar refractivity (Wildman–Crippen MR) is 59.3 cm³/mol. The Morgan fingerprint density at radius 1 is 1.47 bits per heavy atom. The van der Waals surface area contributed by atoms with Gasteiger partial charge in [-0.05, 0) is 12.3 Å². The zero-order chi connectivity index (χ0) is 11.0. The van der Waals surface area contributed by atoms with Crippen LogP contribution >= 0.6 is 0 Å². The highest BCUT2D eigenvalue weighted by Crippen LogP contribution is 2.13. The molecule has 0 aliphatic carbocycles. The van der Waals surface area contributed by atoms with Gasteiger partial charge in [0, 0.05) is 12.1 Å². The van der Waals surface area contributed by atoms with Gasteiger partial charge in [-0.2, -0.15) is 5.10 Å². The molecule has 80 valence electrons. The van der Waals surface area contributed by atoms with Crippen molar-refractivity contribution in [3.05, 3.63) is 33.9 Å². The fourth-order valence-corrected chi connectivity index (χ4v) is 1.66. The van der Waals surface area contributed by atoms with Crippen molar-refractivity contribution in [2.45, 2.75) is 33.1 Å². The predicted octanol–water partition coefficient (Wildman–Crippen LogP) is 1.71. The fourth-order valence-electron chi connectivity index (χ4n) is 1.66. The van der Waals surface area contributed by atoms with E-state index in [1.54, 1.807) is 6.07 Å². The molecule has 0 aromatic carbocycles. The number of aromatic nitrogens is 3. The lowest BCUT2D eigenvalue weighted by atomic mass is 10.1. The summed E-state index contributed by atoms with van der Waals surface area (Å²) in [4.78, 5) is 14.2. The first kappa shape index (κ1) is 9.96. The van der Waals surface area contributed by atoms with E-state index in [9.17, 15) is 4.79 Å². The van der Waals surface area contributed by atoms with Crippen LogP contribution in [-0.4, -0.2) is 14.6 Å². The summed E-state index contributed by atoms with van der Waals surface area (Å²) < 4.78 is 1.82. The number of rotatable bonds is 2. The molecule has 4 nitrogen and oxygen atoms in total. The lowest BCUT2D eigenvalue weighted by Crippen LogP contribution is -2.12. The van der Waals surface area contributed by atoms with E-state index < -0.39 is 0 Å². The van der Waals surface area contributed by atoms with Crippen LogP contribution in [0.3, 0.4) is 0 Å². The summed E-state index contributed by atoms with van der Waals surface area (Å²) in [5.74, 6) is 0.291. The molecule has 0 saturated heterocycles. The molecule has 0 bridgehead atoms.